The van der Waals surface area contributed by atoms with E-state index in [0.29, 0.717) is 35.1 Å². The highest BCUT2D eigenvalue weighted by molar-refractivity contribution is 5.97. The number of aliphatic hydroxyl groups is 1. The highest BCUT2D eigenvalue weighted by Crippen LogP contribution is 2.39. The van der Waals surface area contributed by atoms with Gasteiger partial charge in [-0.25, -0.2) is 9.97 Å². The highest BCUT2D eigenvalue weighted by atomic mass is 16.4. The minimum atomic E-state index is -0.906. The number of aromatic amines is 2. The van der Waals surface area contributed by atoms with Crippen LogP contribution in [0.1, 0.15) is 150 Å². The molecule has 9 nitrogen and oxygen atoms in total. The molecule has 3 aromatic heterocycles. The second kappa shape index (κ2) is 19.7. The number of nitrogens with zero attached hydrogens (tertiary/aromatic N) is 2. The van der Waals surface area contributed by atoms with Crippen molar-refractivity contribution in [3.05, 3.63) is 112 Å². The van der Waals surface area contributed by atoms with E-state index in [2.05, 4.69) is 67.7 Å². The molecule has 1 unspecified atom stereocenters. The van der Waals surface area contributed by atoms with Gasteiger partial charge in [0.05, 0.1) is 28.9 Å². The van der Waals surface area contributed by atoms with Crippen molar-refractivity contribution >= 4 is 62.4 Å². The van der Waals surface area contributed by atoms with Gasteiger partial charge in [0.1, 0.15) is 0 Å². The van der Waals surface area contributed by atoms with Gasteiger partial charge < -0.3 is 25.3 Å². The number of unbranched alkanes of at least 4 members (excludes halogenated alkanes) is 2. The van der Waals surface area contributed by atoms with Crippen LogP contribution in [-0.2, 0) is 9.59 Å². The predicted molar refractivity (Wildman–Crippen MR) is 239 cm³/mol. The van der Waals surface area contributed by atoms with Crippen LogP contribution >= 0.6 is 0 Å². The molecule has 0 saturated carbocycles. The van der Waals surface area contributed by atoms with E-state index in [1.807, 2.05) is 58.0 Å². The van der Waals surface area contributed by atoms with Crippen LogP contribution in [0.5, 0.6) is 0 Å². The maximum absolute atomic E-state index is 11.8. The number of fused-ring (bicyclic) bond motifs is 8. The third-order valence-corrected chi connectivity index (χ3v) is 11.5. The van der Waals surface area contributed by atoms with Crippen LogP contribution in [0.2, 0.25) is 0 Å². The molecule has 0 amide bonds. The molecule has 2 aliphatic heterocycles. The molecule has 0 saturated heterocycles. The van der Waals surface area contributed by atoms with Crippen molar-refractivity contribution < 1.29 is 24.9 Å². The number of carboxylic acids is 2. The van der Waals surface area contributed by atoms with Crippen LogP contribution in [0.4, 0.5) is 0 Å². The van der Waals surface area contributed by atoms with Crippen LogP contribution in [0.25, 0.3) is 50.4 Å². The minimum Gasteiger partial charge on any atom is -0.481 e. The van der Waals surface area contributed by atoms with Gasteiger partial charge >= 0.3 is 11.9 Å². The Labute approximate surface area is 342 Å². The molecule has 5 N–H and O–H groups in total. The van der Waals surface area contributed by atoms with Crippen LogP contribution in [-0.4, -0.2) is 47.2 Å². The van der Waals surface area contributed by atoms with Crippen molar-refractivity contribution in [1.82, 2.24) is 19.9 Å². The van der Waals surface area contributed by atoms with E-state index < -0.39 is 18.0 Å². The van der Waals surface area contributed by atoms with E-state index in [0.717, 1.165) is 98.7 Å². The summed E-state index contributed by atoms with van der Waals surface area (Å²) >= 11 is 0. The molecule has 8 bridgehead atoms. The van der Waals surface area contributed by atoms with Crippen LogP contribution in [0.3, 0.4) is 0 Å². The number of hydrogen-bond acceptors (Lipinski definition) is 5. The van der Waals surface area contributed by atoms with Gasteiger partial charge in [-0.05, 0) is 150 Å². The third-order valence-electron chi connectivity index (χ3n) is 11.5. The lowest BCUT2D eigenvalue weighted by atomic mass is 9.98. The van der Waals surface area contributed by atoms with Gasteiger partial charge in [0.15, 0.2) is 0 Å². The average molecular weight is 785 g/mol. The van der Waals surface area contributed by atoms with Crippen molar-refractivity contribution in [2.24, 2.45) is 5.92 Å². The van der Waals surface area contributed by atoms with Crippen molar-refractivity contribution in [2.45, 2.75) is 119 Å². The first-order chi connectivity index (χ1) is 27.7. The number of aromatic nitrogens is 4. The molecule has 5 heterocycles. The molecular weight excluding hydrogens is 725 g/mol. The molecule has 2 aliphatic rings. The maximum Gasteiger partial charge on any atom is 0.303 e. The Bertz CT molecular complexity index is 2380. The van der Waals surface area contributed by atoms with Crippen molar-refractivity contribution in [3.63, 3.8) is 0 Å². The molecular formula is C49H60N4O5. The molecule has 0 spiro atoms. The first-order valence-corrected chi connectivity index (χ1v) is 20.6. The number of aryl methyl sites for hydroxylation is 2. The summed E-state index contributed by atoms with van der Waals surface area (Å²) in [4.78, 5) is 40.7. The van der Waals surface area contributed by atoms with E-state index in [1.54, 1.807) is 0 Å². The zero-order chi connectivity index (χ0) is 42.1. The van der Waals surface area contributed by atoms with E-state index in [1.165, 1.54) is 5.57 Å². The van der Waals surface area contributed by atoms with Gasteiger partial charge in [-0.3, -0.25) is 9.59 Å². The summed E-state index contributed by atoms with van der Waals surface area (Å²) in [6.45, 7) is 18.7. The first-order valence-electron chi connectivity index (χ1n) is 20.6. The monoisotopic (exact) mass is 784 g/mol. The summed E-state index contributed by atoms with van der Waals surface area (Å²) in [7, 11) is 0. The number of allylic oxidation sites excluding steroid dienone is 10. The topological polar surface area (TPSA) is 152 Å². The van der Waals surface area contributed by atoms with Gasteiger partial charge in [-0.2, -0.15) is 0 Å². The Balaban J connectivity index is 1.56. The van der Waals surface area contributed by atoms with Gasteiger partial charge in [-0.1, -0.05) is 62.5 Å². The maximum atomic E-state index is 11.8. The van der Waals surface area contributed by atoms with Crippen molar-refractivity contribution in [1.29, 1.82) is 0 Å². The summed E-state index contributed by atoms with van der Waals surface area (Å²) in [5.41, 5.74) is 14.3. The van der Waals surface area contributed by atoms with Gasteiger partial charge in [0.2, 0.25) is 0 Å². The fraction of sp³-hybridized carbons (Fsp3) is 0.388. The number of hydrogen-bond donors (Lipinski definition) is 5. The number of rotatable bonds is 18. The number of aliphatic carboxylic acids is 2. The van der Waals surface area contributed by atoms with Gasteiger partial charge in [0, 0.05) is 46.0 Å². The van der Waals surface area contributed by atoms with Gasteiger partial charge in [0.25, 0.3) is 0 Å². The molecule has 1 atom stereocenters. The molecule has 0 aromatic carbocycles. The summed E-state index contributed by atoms with van der Waals surface area (Å²) < 4.78 is 0. The summed E-state index contributed by atoms with van der Waals surface area (Å²) in [6.07, 6.45) is 18.1. The van der Waals surface area contributed by atoms with E-state index in [4.69, 9.17) is 9.97 Å². The zero-order valence-electron chi connectivity index (χ0n) is 35.3. The normalized spacial score (nSPS) is 14.1. The minimum absolute atomic E-state index is 0.0585. The second-order valence-electron chi connectivity index (χ2n) is 15.8. The number of H-pyrrole nitrogens is 2. The number of carboxylic acid groups (broad SMARTS) is 2. The predicted octanol–water partition coefficient (Wildman–Crippen LogP) is 12.3. The lowest BCUT2D eigenvalue weighted by Crippen LogP contribution is -1.98. The molecule has 3 aromatic rings. The average Bonchev–Trinajstić information content (AvgIpc) is 3.84. The molecule has 0 aliphatic carbocycles. The lowest BCUT2D eigenvalue weighted by Gasteiger charge is -2.10. The standard InChI is InChI=1S/C49H60N4O5/c1-9-35-31(5)40-27-45-49(46(54)20-18-16-14-12-10-11-13-15-17-19-30(4)29(2)3)34(8)41(53-45)25-38-32(6)36(21-23-47(55)56)43(51-38)28-44-37(22-24-48(57)58)33(7)39(52-44)26-42(35)50-40/h9,11,13-14,16,19,25-29,46,50,53-54H,1,10,12,15,17-18,20-24H2,2-8H3,(H,55,56)(H,57,58)/b13-11+,16-14+,30-19+,38-25?,39-26?,40-27?,41-25?,42-26?,43-28?,44-28?,45-27?. The van der Waals surface area contributed by atoms with E-state index >= 15 is 0 Å². The molecule has 306 valence electrons. The lowest BCUT2D eigenvalue weighted by molar-refractivity contribution is -0.137. The Hall–Kier alpha value is -5.54. The summed E-state index contributed by atoms with van der Waals surface area (Å²) in [5, 5.41) is 31.0. The van der Waals surface area contributed by atoms with Crippen molar-refractivity contribution in [2.75, 3.05) is 0 Å². The number of nitrogens with one attached hydrogen (secondary N) is 2. The highest BCUT2D eigenvalue weighted by Gasteiger charge is 2.23. The SMILES string of the molecule is C=Cc1c(C)c2cc3[nH]c(cc4nc(cc5nc(cc1[nH]2)C(C)=C5CCC(=O)O)C(CCC(=O)O)=C4C)c(C)c3C(O)CC/C=C/CC/C=C/CC/C=C(\C)C(C)C. The number of carbonyl (C=O) groups is 2. The van der Waals surface area contributed by atoms with Crippen LogP contribution in [0.15, 0.2) is 66.8 Å². The summed E-state index contributed by atoms with van der Waals surface area (Å²) in [6, 6.07) is 7.83. The first kappa shape index (κ1) is 43.6. The smallest absolute Gasteiger partial charge is 0.303 e. The third kappa shape index (κ3) is 10.5. The largest absolute Gasteiger partial charge is 0.481 e. The Morgan fingerprint density at radius 1 is 0.690 bits per heavy atom. The fourth-order valence-electron chi connectivity index (χ4n) is 7.64. The van der Waals surface area contributed by atoms with Crippen molar-refractivity contribution in [3.8, 4) is 0 Å². The Morgan fingerprint density at radius 3 is 1.72 bits per heavy atom. The molecule has 58 heavy (non-hydrogen) atoms. The molecule has 5 rings (SSSR count). The Kier molecular flexibility index (Phi) is 14.8. The molecule has 0 fully saturated rings. The second-order valence-corrected chi connectivity index (χ2v) is 15.8. The molecule has 9 heteroatoms. The van der Waals surface area contributed by atoms with Crippen LogP contribution < -0.4 is 0 Å². The van der Waals surface area contributed by atoms with E-state index in [-0.39, 0.29) is 25.7 Å². The van der Waals surface area contributed by atoms with E-state index in [9.17, 15) is 24.9 Å². The van der Waals surface area contributed by atoms with Crippen LogP contribution in [0, 0.1) is 19.8 Å². The zero-order valence-corrected chi connectivity index (χ0v) is 35.3. The number of aliphatic hydroxyl groups excluding tert-OH is 1. The summed E-state index contributed by atoms with van der Waals surface area (Å²) in [5.74, 6) is -1.21. The van der Waals surface area contributed by atoms with Gasteiger partial charge in [-0.15, -0.1) is 0 Å². The Morgan fingerprint density at radius 2 is 1.19 bits per heavy atom. The molecule has 0 radical (unpaired) electrons. The fourth-order valence-corrected chi connectivity index (χ4v) is 7.64. The quantitative estimate of drug-likeness (QED) is 0.0636.